The van der Waals surface area contributed by atoms with Gasteiger partial charge < -0.3 is 0 Å². The van der Waals surface area contributed by atoms with Crippen molar-refractivity contribution in [2.24, 2.45) is 5.84 Å². The average Bonchev–Trinajstić information content (AvgIpc) is 2.38. The largest absolute Gasteiger partial charge is 0.271 e. The van der Waals surface area contributed by atoms with E-state index in [2.05, 4.69) is 5.43 Å². The van der Waals surface area contributed by atoms with Gasteiger partial charge in [-0.15, -0.1) is 0 Å². The van der Waals surface area contributed by atoms with Crippen molar-refractivity contribution in [1.82, 2.24) is 5.43 Å². The lowest BCUT2D eigenvalue weighted by Crippen LogP contribution is -2.29. The van der Waals surface area contributed by atoms with Crippen LogP contribution in [-0.2, 0) is 0 Å². The zero-order valence-corrected chi connectivity index (χ0v) is 11.1. The van der Waals surface area contributed by atoms with Crippen LogP contribution in [0.5, 0.6) is 0 Å². The molecule has 0 saturated carbocycles. The van der Waals surface area contributed by atoms with Crippen LogP contribution in [0, 0.1) is 11.6 Å². The summed E-state index contributed by atoms with van der Waals surface area (Å²) in [6.45, 7) is 0. The van der Waals surface area contributed by atoms with E-state index < -0.39 is 17.7 Å². The Morgan fingerprint density at radius 3 is 2.26 bits per heavy atom. The molecule has 0 heterocycles. The molecule has 0 aliphatic rings. The van der Waals surface area contributed by atoms with E-state index in [0.29, 0.717) is 10.6 Å². The lowest BCUT2D eigenvalue weighted by molar-refractivity contribution is 0.546. The first-order valence-electron chi connectivity index (χ1n) is 5.39. The van der Waals surface area contributed by atoms with Crippen molar-refractivity contribution < 1.29 is 8.78 Å². The highest BCUT2D eigenvalue weighted by Gasteiger charge is 2.20. The smallest absolute Gasteiger partial charge is 0.142 e. The van der Waals surface area contributed by atoms with Crippen LogP contribution in [0.4, 0.5) is 8.78 Å². The van der Waals surface area contributed by atoms with Crippen molar-refractivity contribution in [1.29, 1.82) is 0 Å². The predicted octanol–water partition coefficient (Wildman–Crippen LogP) is 3.82. The Kier molecular flexibility index (Phi) is 4.37. The molecule has 0 aromatic heterocycles. The molecule has 1 atom stereocenters. The quantitative estimate of drug-likeness (QED) is 0.514. The van der Waals surface area contributed by atoms with Crippen LogP contribution in [0.1, 0.15) is 17.2 Å². The van der Waals surface area contributed by atoms with Gasteiger partial charge >= 0.3 is 0 Å². The van der Waals surface area contributed by atoms with E-state index in [1.54, 1.807) is 24.3 Å². The summed E-state index contributed by atoms with van der Waals surface area (Å²) in [6, 6.07) is 7.94. The molecule has 0 bridgehead atoms. The van der Waals surface area contributed by atoms with E-state index in [4.69, 9.17) is 29.0 Å². The lowest BCUT2D eigenvalue weighted by Gasteiger charge is -2.19. The summed E-state index contributed by atoms with van der Waals surface area (Å²) >= 11 is 11.6. The van der Waals surface area contributed by atoms with E-state index in [9.17, 15) is 8.78 Å². The van der Waals surface area contributed by atoms with Gasteiger partial charge in [0.05, 0.1) is 11.1 Å². The van der Waals surface area contributed by atoms with Crippen LogP contribution in [0.15, 0.2) is 36.4 Å². The Labute approximate surface area is 119 Å². The number of nitrogens with one attached hydrogen (secondary N) is 1. The van der Waals surface area contributed by atoms with Crippen LogP contribution in [0.3, 0.4) is 0 Å². The molecule has 2 nitrogen and oxygen atoms in total. The van der Waals surface area contributed by atoms with Crippen LogP contribution < -0.4 is 11.3 Å². The third-order valence-electron chi connectivity index (χ3n) is 2.73. The normalized spacial score (nSPS) is 12.5. The maximum atomic E-state index is 13.9. The topological polar surface area (TPSA) is 38.0 Å². The van der Waals surface area contributed by atoms with Gasteiger partial charge in [0.1, 0.15) is 11.6 Å². The highest BCUT2D eigenvalue weighted by Crippen LogP contribution is 2.31. The molecular weight excluding hydrogens is 293 g/mol. The molecule has 19 heavy (non-hydrogen) atoms. The van der Waals surface area contributed by atoms with Crippen molar-refractivity contribution >= 4 is 23.2 Å². The molecule has 0 aliphatic carbocycles. The first kappa shape index (κ1) is 14.2. The molecular formula is C13H10Cl2F2N2. The number of hydrogen-bond acceptors (Lipinski definition) is 2. The van der Waals surface area contributed by atoms with Crippen LogP contribution in [0.25, 0.3) is 0 Å². The second-order valence-corrected chi connectivity index (χ2v) is 4.72. The average molecular weight is 303 g/mol. The second-order valence-electron chi connectivity index (χ2n) is 3.91. The number of rotatable bonds is 3. The van der Waals surface area contributed by atoms with Crippen LogP contribution in [0.2, 0.25) is 10.0 Å². The molecule has 3 N–H and O–H groups in total. The van der Waals surface area contributed by atoms with Crippen molar-refractivity contribution in [3.8, 4) is 0 Å². The molecule has 1 unspecified atom stereocenters. The van der Waals surface area contributed by atoms with E-state index in [1.165, 1.54) is 0 Å². The van der Waals surface area contributed by atoms with E-state index >= 15 is 0 Å². The summed E-state index contributed by atoms with van der Waals surface area (Å²) in [5.41, 5.74) is 3.02. The zero-order chi connectivity index (χ0) is 14.0. The molecule has 100 valence electrons. The fourth-order valence-electron chi connectivity index (χ4n) is 1.82. The zero-order valence-electron chi connectivity index (χ0n) is 9.63. The minimum absolute atomic E-state index is 0.0394. The molecule has 2 aromatic carbocycles. The lowest BCUT2D eigenvalue weighted by atomic mass is 9.98. The summed E-state index contributed by atoms with van der Waals surface area (Å²) in [5.74, 6) is 4.06. The third-order valence-corrected chi connectivity index (χ3v) is 3.37. The Morgan fingerprint density at radius 1 is 0.947 bits per heavy atom. The van der Waals surface area contributed by atoms with Crippen molar-refractivity contribution in [2.75, 3.05) is 0 Å². The molecule has 0 fully saturated rings. The van der Waals surface area contributed by atoms with Gasteiger partial charge in [-0.2, -0.15) is 0 Å². The summed E-state index contributed by atoms with van der Waals surface area (Å²) in [4.78, 5) is 0. The Bertz CT molecular complexity index is 605. The minimum atomic E-state index is -0.763. The predicted molar refractivity (Wildman–Crippen MR) is 72.0 cm³/mol. The number of benzene rings is 2. The number of hydrogen-bond donors (Lipinski definition) is 2. The Morgan fingerprint density at radius 2 is 1.63 bits per heavy atom. The van der Waals surface area contributed by atoms with Gasteiger partial charge in [-0.05, 0) is 23.8 Å². The van der Waals surface area contributed by atoms with Gasteiger partial charge in [-0.3, -0.25) is 5.84 Å². The maximum Gasteiger partial charge on any atom is 0.142 e. The van der Waals surface area contributed by atoms with Gasteiger partial charge in [0.2, 0.25) is 0 Å². The number of hydrazine groups is 1. The van der Waals surface area contributed by atoms with Gasteiger partial charge in [0.15, 0.2) is 0 Å². The van der Waals surface area contributed by atoms with Gasteiger partial charge in [0, 0.05) is 10.6 Å². The van der Waals surface area contributed by atoms with Crippen molar-refractivity contribution in [2.45, 2.75) is 6.04 Å². The van der Waals surface area contributed by atoms with E-state index in [0.717, 1.165) is 12.1 Å². The number of nitrogens with two attached hydrogens (primary N) is 1. The maximum absolute atomic E-state index is 13.9. The monoisotopic (exact) mass is 302 g/mol. The highest BCUT2D eigenvalue weighted by atomic mass is 35.5. The van der Waals surface area contributed by atoms with Crippen LogP contribution >= 0.6 is 23.2 Å². The Hall–Kier alpha value is -1.20. The summed E-state index contributed by atoms with van der Waals surface area (Å²) in [7, 11) is 0. The van der Waals surface area contributed by atoms with Crippen molar-refractivity contribution in [3.63, 3.8) is 0 Å². The molecule has 0 saturated heterocycles. The molecule has 0 spiro atoms. The third kappa shape index (κ3) is 2.87. The highest BCUT2D eigenvalue weighted by molar-refractivity contribution is 6.31. The Balaban J connectivity index is 2.55. The van der Waals surface area contributed by atoms with Gasteiger partial charge in [-0.1, -0.05) is 41.4 Å². The molecule has 0 radical (unpaired) electrons. The standard InChI is InChI=1S/C13H10Cl2F2N2/c14-9-4-2-1-3-7(9)13(19-18)8-5-12(17)10(15)6-11(8)16/h1-6,13,19H,18H2. The van der Waals surface area contributed by atoms with Crippen molar-refractivity contribution in [3.05, 3.63) is 69.2 Å². The van der Waals surface area contributed by atoms with Crippen LogP contribution in [-0.4, -0.2) is 0 Å². The summed E-state index contributed by atoms with van der Waals surface area (Å²) < 4.78 is 27.4. The second kappa shape index (κ2) is 5.84. The summed E-state index contributed by atoms with van der Waals surface area (Å²) in [5, 5.41) is 0.122. The molecule has 2 rings (SSSR count). The summed E-state index contributed by atoms with van der Waals surface area (Å²) in [6.07, 6.45) is 0. The first-order valence-corrected chi connectivity index (χ1v) is 6.15. The number of halogens is 4. The molecule has 0 amide bonds. The fourth-order valence-corrected chi connectivity index (χ4v) is 2.21. The minimum Gasteiger partial charge on any atom is -0.271 e. The molecule has 2 aromatic rings. The molecule has 0 aliphatic heterocycles. The van der Waals surface area contributed by atoms with E-state index in [1.807, 2.05) is 0 Å². The van der Waals surface area contributed by atoms with E-state index in [-0.39, 0.29) is 10.6 Å². The first-order chi connectivity index (χ1) is 9.04. The SMILES string of the molecule is NNC(c1cc(F)c(Cl)cc1F)c1ccccc1Cl. The van der Waals surface area contributed by atoms with Gasteiger partial charge in [-0.25, -0.2) is 14.2 Å². The fraction of sp³-hybridized carbons (Fsp3) is 0.0769. The van der Waals surface area contributed by atoms with Gasteiger partial charge in [0.25, 0.3) is 0 Å². The molecule has 6 heteroatoms.